The summed E-state index contributed by atoms with van der Waals surface area (Å²) in [5.74, 6) is 1.27. The number of ether oxygens (including phenoxy) is 1. The molecule has 1 aromatic heterocycles. The van der Waals surface area contributed by atoms with Crippen LogP contribution in [0.1, 0.15) is 16.8 Å². The van der Waals surface area contributed by atoms with E-state index in [0.717, 1.165) is 27.8 Å². The molecule has 0 fully saturated rings. The van der Waals surface area contributed by atoms with Crippen molar-refractivity contribution in [3.8, 4) is 5.75 Å². The molecule has 1 heterocycles. The van der Waals surface area contributed by atoms with Gasteiger partial charge in [0.1, 0.15) is 11.6 Å². The lowest BCUT2D eigenvalue weighted by Crippen LogP contribution is -2.06. The van der Waals surface area contributed by atoms with E-state index in [4.69, 9.17) is 4.74 Å². The number of halogens is 1. The van der Waals surface area contributed by atoms with Crippen LogP contribution >= 0.6 is 11.8 Å². The molecule has 0 aliphatic heterocycles. The van der Waals surface area contributed by atoms with Crippen molar-refractivity contribution in [1.29, 1.82) is 0 Å². The average Bonchev–Trinajstić information content (AvgIpc) is 3.02. The lowest BCUT2D eigenvalue weighted by Gasteiger charge is -2.11. The summed E-state index contributed by atoms with van der Waals surface area (Å²) in [6.07, 6.45) is 1.66. The van der Waals surface area contributed by atoms with Gasteiger partial charge in [-0.2, -0.15) is 0 Å². The van der Waals surface area contributed by atoms with Crippen LogP contribution in [0.4, 0.5) is 4.39 Å². The number of aliphatic hydroxyl groups excluding tert-OH is 1. The van der Waals surface area contributed by atoms with Crippen molar-refractivity contribution >= 4 is 11.8 Å². The molecule has 0 radical (unpaired) electrons. The number of methoxy groups -OCH3 is 1. The van der Waals surface area contributed by atoms with Gasteiger partial charge in [-0.25, -0.2) is 9.37 Å². The third-order valence-electron chi connectivity index (χ3n) is 3.80. The lowest BCUT2D eigenvalue weighted by atomic mass is 10.2. The van der Waals surface area contributed by atoms with E-state index in [0.29, 0.717) is 12.2 Å². The van der Waals surface area contributed by atoms with Crippen LogP contribution in [0.3, 0.4) is 0 Å². The Morgan fingerprint density at radius 3 is 2.72 bits per heavy atom. The molecule has 0 saturated heterocycles. The molecule has 0 bridgehead atoms. The quantitative estimate of drug-likeness (QED) is 0.652. The Balaban J connectivity index is 1.78. The molecule has 0 aliphatic carbocycles. The molecule has 0 amide bonds. The van der Waals surface area contributed by atoms with Crippen molar-refractivity contribution < 1.29 is 14.2 Å². The number of aliphatic hydroxyl groups is 1. The fraction of sp³-hybridized carbons (Fsp3) is 0.211. The summed E-state index contributed by atoms with van der Waals surface area (Å²) in [6, 6.07) is 14.3. The molecule has 4 nitrogen and oxygen atoms in total. The van der Waals surface area contributed by atoms with E-state index in [1.807, 2.05) is 34.9 Å². The number of rotatable bonds is 7. The van der Waals surface area contributed by atoms with Crippen molar-refractivity contribution in [2.45, 2.75) is 24.1 Å². The number of aromatic nitrogens is 2. The molecule has 0 unspecified atom stereocenters. The van der Waals surface area contributed by atoms with Gasteiger partial charge in [0, 0.05) is 5.75 Å². The van der Waals surface area contributed by atoms with Gasteiger partial charge in [0.05, 0.1) is 32.2 Å². The second kappa shape index (κ2) is 8.18. The first-order valence-corrected chi connectivity index (χ1v) is 8.83. The molecular weight excluding hydrogens is 339 g/mol. The number of hydrogen-bond acceptors (Lipinski definition) is 4. The number of imidazole rings is 1. The number of benzene rings is 2. The Morgan fingerprint density at radius 1 is 1.16 bits per heavy atom. The van der Waals surface area contributed by atoms with Gasteiger partial charge >= 0.3 is 0 Å². The van der Waals surface area contributed by atoms with Gasteiger partial charge in [-0.1, -0.05) is 36.0 Å². The van der Waals surface area contributed by atoms with Crippen LogP contribution in [-0.4, -0.2) is 21.8 Å². The molecule has 6 heteroatoms. The maximum Gasteiger partial charge on any atom is 0.168 e. The minimum absolute atomic E-state index is 0.109. The number of hydrogen-bond donors (Lipinski definition) is 1. The zero-order chi connectivity index (χ0) is 17.6. The van der Waals surface area contributed by atoms with Gasteiger partial charge in [-0.05, 0) is 35.4 Å². The van der Waals surface area contributed by atoms with Crippen LogP contribution < -0.4 is 4.74 Å². The van der Waals surface area contributed by atoms with Crippen LogP contribution in [0.5, 0.6) is 5.75 Å². The Bertz CT molecular complexity index is 851. The minimum Gasteiger partial charge on any atom is -0.497 e. The van der Waals surface area contributed by atoms with E-state index in [1.165, 1.54) is 12.1 Å². The molecular formula is C19H19FN2O2S. The molecule has 0 spiro atoms. The summed E-state index contributed by atoms with van der Waals surface area (Å²) in [4.78, 5) is 4.40. The van der Waals surface area contributed by atoms with Crippen molar-refractivity contribution in [3.63, 3.8) is 0 Å². The predicted octanol–water partition coefficient (Wildman–Crippen LogP) is 3.86. The molecule has 3 rings (SSSR count). The highest BCUT2D eigenvalue weighted by molar-refractivity contribution is 7.98. The highest BCUT2D eigenvalue weighted by atomic mass is 32.2. The van der Waals surface area contributed by atoms with E-state index >= 15 is 0 Å². The van der Waals surface area contributed by atoms with Gasteiger partial charge in [0.2, 0.25) is 0 Å². The molecule has 25 heavy (non-hydrogen) atoms. The smallest absolute Gasteiger partial charge is 0.168 e. The van der Waals surface area contributed by atoms with Crippen molar-refractivity contribution in [1.82, 2.24) is 9.55 Å². The molecule has 0 atom stereocenters. The lowest BCUT2D eigenvalue weighted by molar-refractivity contribution is 0.270. The Kier molecular flexibility index (Phi) is 5.73. The number of nitrogens with zero attached hydrogens (tertiary/aromatic N) is 2. The van der Waals surface area contributed by atoms with Gasteiger partial charge in [0.25, 0.3) is 0 Å². The normalized spacial score (nSPS) is 10.8. The maximum absolute atomic E-state index is 13.4. The highest BCUT2D eigenvalue weighted by Crippen LogP contribution is 2.25. The van der Waals surface area contributed by atoms with E-state index < -0.39 is 0 Å². The van der Waals surface area contributed by atoms with Gasteiger partial charge in [-0.3, -0.25) is 0 Å². The van der Waals surface area contributed by atoms with Gasteiger partial charge in [0.15, 0.2) is 5.16 Å². The summed E-state index contributed by atoms with van der Waals surface area (Å²) >= 11 is 1.57. The molecule has 2 aromatic carbocycles. The van der Waals surface area contributed by atoms with Crippen LogP contribution in [0, 0.1) is 5.82 Å². The largest absolute Gasteiger partial charge is 0.497 e. The second-order valence-corrected chi connectivity index (χ2v) is 6.49. The average molecular weight is 358 g/mol. The fourth-order valence-electron chi connectivity index (χ4n) is 2.53. The van der Waals surface area contributed by atoms with Crippen molar-refractivity contribution in [2.75, 3.05) is 7.11 Å². The van der Waals surface area contributed by atoms with Crippen LogP contribution in [-0.2, 0) is 18.9 Å². The summed E-state index contributed by atoms with van der Waals surface area (Å²) in [6.45, 7) is 0.357. The van der Waals surface area contributed by atoms with Gasteiger partial charge < -0.3 is 14.4 Å². The molecule has 3 aromatic rings. The Hall–Kier alpha value is -2.31. The van der Waals surface area contributed by atoms with Crippen molar-refractivity contribution in [3.05, 3.63) is 77.4 Å². The van der Waals surface area contributed by atoms with E-state index in [2.05, 4.69) is 4.98 Å². The highest BCUT2D eigenvalue weighted by Gasteiger charge is 2.11. The van der Waals surface area contributed by atoms with Crippen LogP contribution in [0.25, 0.3) is 0 Å². The Labute approximate surface area is 150 Å². The van der Waals surface area contributed by atoms with Crippen LogP contribution in [0.15, 0.2) is 59.9 Å². The first-order valence-electron chi connectivity index (χ1n) is 7.85. The SMILES string of the molecule is COc1cccc(CSc2ncc(CO)n2Cc2cccc(F)c2)c1. The minimum atomic E-state index is -0.270. The monoisotopic (exact) mass is 358 g/mol. The zero-order valence-electron chi connectivity index (χ0n) is 13.9. The predicted molar refractivity (Wildman–Crippen MR) is 96.2 cm³/mol. The molecule has 0 aliphatic rings. The molecule has 130 valence electrons. The summed E-state index contributed by atoms with van der Waals surface area (Å²) in [5, 5.41) is 10.3. The fourth-order valence-corrected chi connectivity index (χ4v) is 3.47. The third-order valence-corrected chi connectivity index (χ3v) is 4.86. The maximum atomic E-state index is 13.4. The summed E-state index contributed by atoms with van der Waals surface area (Å²) in [5.41, 5.74) is 2.66. The summed E-state index contributed by atoms with van der Waals surface area (Å²) in [7, 11) is 1.64. The first kappa shape index (κ1) is 17.5. The number of thioether (sulfide) groups is 1. The van der Waals surface area contributed by atoms with Crippen molar-refractivity contribution in [2.24, 2.45) is 0 Å². The van der Waals surface area contributed by atoms with E-state index in [9.17, 15) is 9.50 Å². The van der Waals surface area contributed by atoms with Gasteiger partial charge in [-0.15, -0.1) is 0 Å². The summed E-state index contributed by atoms with van der Waals surface area (Å²) < 4.78 is 20.6. The standard InChI is InChI=1S/C19H19FN2O2S/c1-24-18-7-3-5-15(9-18)13-25-19-21-10-17(12-23)22(19)11-14-4-2-6-16(20)8-14/h2-10,23H,11-13H2,1H3. The van der Waals surface area contributed by atoms with E-state index in [1.54, 1.807) is 31.1 Å². The van der Waals surface area contributed by atoms with E-state index in [-0.39, 0.29) is 12.4 Å². The van der Waals surface area contributed by atoms with Crippen LogP contribution in [0.2, 0.25) is 0 Å². The second-order valence-electron chi connectivity index (χ2n) is 5.55. The first-order chi connectivity index (χ1) is 12.2. The topological polar surface area (TPSA) is 47.3 Å². The third kappa shape index (κ3) is 4.41. The molecule has 0 saturated carbocycles. The Morgan fingerprint density at radius 2 is 1.96 bits per heavy atom. The molecule has 1 N–H and O–H groups in total. The zero-order valence-corrected chi connectivity index (χ0v) is 14.7.